The first-order chi connectivity index (χ1) is 15.2. The van der Waals surface area contributed by atoms with Gasteiger partial charge in [-0.15, -0.1) is 0 Å². The molecule has 176 valence electrons. The van der Waals surface area contributed by atoms with Crippen molar-refractivity contribution in [2.75, 3.05) is 19.2 Å². The number of aromatic nitrogens is 1. The van der Waals surface area contributed by atoms with E-state index < -0.39 is 21.9 Å². The van der Waals surface area contributed by atoms with Crippen LogP contribution < -0.4 is 10.3 Å². The molecule has 0 spiro atoms. The normalized spacial score (nSPS) is 20.2. The Labute approximate surface area is 187 Å². The second kappa shape index (κ2) is 10.7. The van der Waals surface area contributed by atoms with Crippen LogP contribution in [0, 0.1) is 12.7 Å². The van der Waals surface area contributed by atoms with Gasteiger partial charge in [0.1, 0.15) is 5.82 Å². The highest BCUT2D eigenvalue weighted by Crippen LogP contribution is 2.34. The van der Waals surface area contributed by atoms with Crippen molar-refractivity contribution in [3.8, 4) is 0 Å². The Kier molecular flexibility index (Phi) is 8.19. The SMILES string of the molecule is Cc1cc([C@@H](CNS(=O)(=O)CF)CO[C@H]2CC[C@@H](c3cccc(F)c3)CC2)c(=O)n(C)c1. The third-order valence-corrected chi connectivity index (χ3v) is 6.90. The topological polar surface area (TPSA) is 77.4 Å². The van der Waals surface area contributed by atoms with Gasteiger partial charge in [-0.2, -0.15) is 0 Å². The Morgan fingerprint density at radius 2 is 1.94 bits per heavy atom. The summed E-state index contributed by atoms with van der Waals surface area (Å²) >= 11 is 0. The summed E-state index contributed by atoms with van der Waals surface area (Å²) in [5.74, 6) is -0.503. The first kappa shape index (κ1) is 24.5. The zero-order valence-corrected chi connectivity index (χ0v) is 19.2. The summed E-state index contributed by atoms with van der Waals surface area (Å²) in [5.41, 5.74) is 2.04. The third kappa shape index (κ3) is 6.46. The number of halogens is 2. The maximum Gasteiger partial charge on any atom is 0.253 e. The molecule has 1 aromatic carbocycles. The lowest BCUT2D eigenvalue weighted by molar-refractivity contribution is 0.0168. The van der Waals surface area contributed by atoms with Crippen LogP contribution in [0.15, 0.2) is 41.3 Å². The molecule has 2 aromatic rings. The zero-order chi connectivity index (χ0) is 23.3. The number of ether oxygens (including phenoxy) is 1. The molecule has 0 unspecified atom stereocenters. The second-order valence-electron chi connectivity index (χ2n) is 8.52. The van der Waals surface area contributed by atoms with Gasteiger partial charge in [-0.05, 0) is 67.9 Å². The van der Waals surface area contributed by atoms with Gasteiger partial charge >= 0.3 is 0 Å². The molecule has 0 bridgehead atoms. The molecule has 0 amide bonds. The lowest BCUT2D eigenvalue weighted by Crippen LogP contribution is -2.35. The van der Waals surface area contributed by atoms with Gasteiger partial charge < -0.3 is 9.30 Å². The number of alkyl halides is 1. The first-order valence-corrected chi connectivity index (χ1v) is 12.4. The summed E-state index contributed by atoms with van der Waals surface area (Å²) in [7, 11) is -2.42. The van der Waals surface area contributed by atoms with E-state index in [4.69, 9.17) is 4.74 Å². The van der Waals surface area contributed by atoms with E-state index in [1.165, 1.54) is 10.6 Å². The van der Waals surface area contributed by atoms with Crippen molar-refractivity contribution in [1.29, 1.82) is 0 Å². The number of nitrogens with zero attached hydrogens (tertiary/aromatic N) is 1. The highest BCUT2D eigenvalue weighted by Gasteiger charge is 2.26. The number of pyridine rings is 1. The van der Waals surface area contributed by atoms with Gasteiger partial charge in [0.2, 0.25) is 16.0 Å². The molecule has 32 heavy (non-hydrogen) atoms. The highest BCUT2D eigenvalue weighted by molar-refractivity contribution is 7.89. The van der Waals surface area contributed by atoms with Crippen molar-refractivity contribution in [2.24, 2.45) is 7.05 Å². The van der Waals surface area contributed by atoms with Crippen molar-refractivity contribution >= 4 is 10.0 Å². The molecule has 1 fully saturated rings. The van der Waals surface area contributed by atoms with Crippen LogP contribution in [-0.2, 0) is 21.8 Å². The van der Waals surface area contributed by atoms with Crippen molar-refractivity contribution in [3.05, 3.63) is 69.4 Å². The maximum atomic E-state index is 13.5. The van der Waals surface area contributed by atoms with Gasteiger partial charge in [0.05, 0.1) is 12.7 Å². The van der Waals surface area contributed by atoms with Crippen LogP contribution in [0.5, 0.6) is 0 Å². The van der Waals surface area contributed by atoms with Crippen LogP contribution in [0.1, 0.15) is 54.2 Å². The summed E-state index contributed by atoms with van der Waals surface area (Å²) in [4.78, 5) is 12.7. The summed E-state index contributed by atoms with van der Waals surface area (Å²) in [6.07, 6.45) is 4.96. The average molecular weight is 469 g/mol. The number of hydrogen-bond donors (Lipinski definition) is 1. The van der Waals surface area contributed by atoms with Gasteiger partial charge in [0.25, 0.3) is 5.56 Å². The Balaban J connectivity index is 1.66. The molecule has 1 aromatic heterocycles. The largest absolute Gasteiger partial charge is 0.378 e. The number of nitrogens with one attached hydrogen (secondary N) is 1. The molecule has 9 heteroatoms. The Hall–Kier alpha value is -2.10. The van der Waals surface area contributed by atoms with E-state index in [0.29, 0.717) is 5.56 Å². The molecule has 1 saturated carbocycles. The molecule has 1 atom stereocenters. The first-order valence-electron chi connectivity index (χ1n) is 10.8. The van der Waals surface area contributed by atoms with Crippen LogP contribution in [0.3, 0.4) is 0 Å². The molecule has 0 aliphatic heterocycles. The predicted octanol–water partition coefficient (Wildman–Crippen LogP) is 3.51. The minimum atomic E-state index is -4.05. The fourth-order valence-corrected chi connectivity index (χ4v) is 4.84. The minimum Gasteiger partial charge on any atom is -0.378 e. The maximum absolute atomic E-state index is 13.5. The smallest absolute Gasteiger partial charge is 0.253 e. The molecule has 1 aliphatic carbocycles. The Morgan fingerprint density at radius 3 is 2.59 bits per heavy atom. The van der Waals surface area contributed by atoms with E-state index in [-0.39, 0.29) is 36.5 Å². The molecule has 1 N–H and O–H groups in total. The third-order valence-electron chi connectivity index (χ3n) is 6.01. The molecule has 0 saturated heterocycles. The summed E-state index contributed by atoms with van der Waals surface area (Å²) in [6, 6.07) is 6.88. The Bertz CT molecular complexity index is 1080. The number of hydrogen-bond acceptors (Lipinski definition) is 4. The van der Waals surface area contributed by atoms with E-state index in [0.717, 1.165) is 36.8 Å². The van der Waals surface area contributed by atoms with Gasteiger partial charge in [0.15, 0.2) is 0 Å². The molecule has 6 nitrogen and oxygen atoms in total. The summed E-state index contributed by atoms with van der Waals surface area (Å²) < 4.78 is 59.3. The van der Waals surface area contributed by atoms with Crippen molar-refractivity contribution in [1.82, 2.24) is 9.29 Å². The van der Waals surface area contributed by atoms with Crippen molar-refractivity contribution < 1.29 is 21.9 Å². The average Bonchev–Trinajstić information content (AvgIpc) is 2.77. The summed E-state index contributed by atoms with van der Waals surface area (Å²) in [6.45, 7) is 1.87. The van der Waals surface area contributed by atoms with Crippen LogP contribution in [-0.4, -0.2) is 38.2 Å². The molecule has 0 radical (unpaired) electrons. The van der Waals surface area contributed by atoms with Crippen LogP contribution in [0.4, 0.5) is 8.78 Å². The highest BCUT2D eigenvalue weighted by atomic mass is 32.2. The van der Waals surface area contributed by atoms with E-state index in [1.807, 2.05) is 13.0 Å². The van der Waals surface area contributed by atoms with Crippen LogP contribution in [0.25, 0.3) is 0 Å². The molecular formula is C23H30F2N2O4S. The van der Waals surface area contributed by atoms with Gasteiger partial charge in [-0.1, -0.05) is 12.1 Å². The fraction of sp³-hybridized carbons (Fsp3) is 0.522. The van der Waals surface area contributed by atoms with E-state index in [2.05, 4.69) is 4.72 Å². The van der Waals surface area contributed by atoms with Crippen molar-refractivity contribution in [3.63, 3.8) is 0 Å². The number of rotatable bonds is 9. The standard InChI is InChI=1S/C23H30F2N2O4S/c1-16-10-22(23(28)27(2)13-16)19(12-26-32(29,30)15-24)14-31-21-8-6-17(7-9-21)18-4-3-5-20(25)11-18/h3-5,10-11,13,17,19,21,26H,6-9,12,14-15H2,1-2H3/t17-,19-,21+/m0/s1. The molecule has 1 heterocycles. The van der Waals surface area contributed by atoms with Gasteiger partial charge in [-0.25, -0.2) is 21.9 Å². The summed E-state index contributed by atoms with van der Waals surface area (Å²) in [5, 5.41) is 0. The quantitative estimate of drug-likeness (QED) is 0.611. The zero-order valence-electron chi connectivity index (χ0n) is 18.4. The van der Waals surface area contributed by atoms with E-state index >= 15 is 0 Å². The Morgan fingerprint density at radius 1 is 1.22 bits per heavy atom. The molecular weight excluding hydrogens is 438 g/mol. The second-order valence-corrected chi connectivity index (χ2v) is 10.3. The van der Waals surface area contributed by atoms with Crippen LogP contribution in [0.2, 0.25) is 0 Å². The van der Waals surface area contributed by atoms with Crippen LogP contribution >= 0.6 is 0 Å². The lowest BCUT2D eigenvalue weighted by Gasteiger charge is -2.30. The minimum absolute atomic E-state index is 0.0336. The molecule has 1 aliphatic rings. The predicted molar refractivity (Wildman–Crippen MR) is 119 cm³/mol. The number of aryl methyl sites for hydroxylation is 2. The monoisotopic (exact) mass is 468 g/mol. The van der Waals surface area contributed by atoms with E-state index in [1.54, 1.807) is 31.4 Å². The van der Waals surface area contributed by atoms with Gasteiger partial charge in [-0.3, -0.25) is 4.79 Å². The van der Waals surface area contributed by atoms with Crippen molar-refractivity contribution in [2.45, 2.75) is 50.5 Å². The van der Waals surface area contributed by atoms with Gasteiger partial charge in [0, 0.05) is 31.3 Å². The fourth-order valence-electron chi connectivity index (χ4n) is 4.30. The number of benzene rings is 1. The van der Waals surface area contributed by atoms with E-state index in [9.17, 15) is 22.0 Å². The number of sulfonamides is 1. The molecule has 3 rings (SSSR count). The lowest BCUT2D eigenvalue weighted by atomic mass is 9.82.